The largest absolute Gasteiger partial charge is 0.497 e. The van der Waals surface area contributed by atoms with Gasteiger partial charge in [0.15, 0.2) is 8.32 Å². The van der Waals surface area contributed by atoms with E-state index in [1.807, 2.05) is 42.2 Å². The molecular weight excluding hydrogens is 565 g/mol. The topological polar surface area (TPSA) is 68.3 Å². The fourth-order valence-electron chi connectivity index (χ4n) is 5.69. The van der Waals surface area contributed by atoms with Gasteiger partial charge < -0.3 is 18.8 Å². The van der Waals surface area contributed by atoms with Gasteiger partial charge in [-0.15, -0.1) is 0 Å². The lowest BCUT2D eigenvalue weighted by molar-refractivity contribution is -0.189. The van der Waals surface area contributed by atoms with Gasteiger partial charge in [0.2, 0.25) is 0 Å². The molecule has 0 unspecified atom stereocenters. The van der Waals surface area contributed by atoms with Crippen molar-refractivity contribution in [2.45, 2.75) is 89.7 Å². The smallest absolute Gasteiger partial charge is 0.471 e. The standard InChI is InChI=1S/C31H43F3N2O5Si/c1-6-42(7-2,8-3)41-22-28-27(18-23(4)35(28)20-29(37)40-21-25-12-10-9-11-13-25)36(30(38)31(32,33)34)19-24-14-16-26(39-5)17-15-24/h9-17,23,27-28H,6-8,18-22H2,1-5H3/t23-,27+,28+/m1/s1. The first kappa shape index (κ1) is 33.6. The number of hydrogen-bond donors (Lipinski definition) is 0. The van der Waals surface area contributed by atoms with Crippen molar-refractivity contribution in [1.29, 1.82) is 0 Å². The predicted octanol–water partition coefficient (Wildman–Crippen LogP) is 6.18. The Hall–Kier alpha value is -2.89. The number of halogens is 3. The Bertz CT molecular complexity index is 1140. The van der Waals surface area contributed by atoms with Gasteiger partial charge in [-0.25, -0.2) is 0 Å². The number of alkyl halides is 3. The third-order valence-corrected chi connectivity index (χ3v) is 13.1. The lowest BCUT2D eigenvalue weighted by Crippen LogP contribution is -2.55. The maximum absolute atomic E-state index is 14.0. The summed E-state index contributed by atoms with van der Waals surface area (Å²) in [6.45, 7) is 7.98. The van der Waals surface area contributed by atoms with Crippen LogP contribution in [-0.4, -0.2) is 74.6 Å². The Balaban J connectivity index is 1.91. The Morgan fingerprint density at radius 2 is 1.60 bits per heavy atom. The van der Waals surface area contributed by atoms with Crippen molar-refractivity contribution in [2.75, 3.05) is 20.3 Å². The first-order valence-electron chi connectivity index (χ1n) is 14.6. The average Bonchev–Trinajstić information content (AvgIpc) is 3.29. The van der Waals surface area contributed by atoms with Crippen molar-refractivity contribution in [2.24, 2.45) is 0 Å². The lowest BCUT2D eigenvalue weighted by Gasteiger charge is -2.38. The molecule has 0 aromatic heterocycles. The number of amides is 1. The minimum absolute atomic E-state index is 0.0974. The molecule has 7 nitrogen and oxygen atoms in total. The molecule has 3 rings (SSSR count). The van der Waals surface area contributed by atoms with Crippen LogP contribution in [0.2, 0.25) is 18.1 Å². The molecule has 0 spiro atoms. The average molecular weight is 609 g/mol. The van der Waals surface area contributed by atoms with E-state index in [0.717, 1.165) is 28.6 Å². The highest BCUT2D eigenvalue weighted by molar-refractivity contribution is 6.73. The third-order valence-electron chi connectivity index (χ3n) is 8.48. The molecule has 11 heteroatoms. The summed E-state index contributed by atoms with van der Waals surface area (Å²) in [6.07, 6.45) is -4.80. The van der Waals surface area contributed by atoms with E-state index in [-0.39, 0.29) is 38.8 Å². The fourth-order valence-corrected chi connectivity index (χ4v) is 8.32. The first-order chi connectivity index (χ1) is 20.0. The monoisotopic (exact) mass is 608 g/mol. The van der Waals surface area contributed by atoms with Crippen LogP contribution in [-0.2, 0) is 31.9 Å². The van der Waals surface area contributed by atoms with Crippen LogP contribution in [0.3, 0.4) is 0 Å². The summed E-state index contributed by atoms with van der Waals surface area (Å²) >= 11 is 0. The molecule has 2 aromatic carbocycles. The minimum Gasteiger partial charge on any atom is -0.497 e. The Kier molecular flexibility index (Phi) is 12.0. The summed E-state index contributed by atoms with van der Waals surface area (Å²) in [5.41, 5.74) is 1.38. The summed E-state index contributed by atoms with van der Waals surface area (Å²) in [5.74, 6) is -1.82. The summed E-state index contributed by atoms with van der Waals surface area (Å²) in [7, 11) is -0.626. The van der Waals surface area contributed by atoms with Crippen molar-refractivity contribution < 1.29 is 36.7 Å². The van der Waals surface area contributed by atoms with Gasteiger partial charge >= 0.3 is 18.1 Å². The molecule has 232 valence electrons. The second kappa shape index (κ2) is 15.0. The summed E-state index contributed by atoms with van der Waals surface area (Å²) in [6, 6.07) is 16.8. The van der Waals surface area contributed by atoms with Crippen molar-refractivity contribution in [3.8, 4) is 5.75 Å². The van der Waals surface area contributed by atoms with Crippen LogP contribution < -0.4 is 4.74 Å². The molecule has 42 heavy (non-hydrogen) atoms. The Labute approximate surface area is 248 Å². The highest BCUT2D eigenvalue weighted by atomic mass is 28.4. The maximum Gasteiger partial charge on any atom is 0.471 e. The van der Waals surface area contributed by atoms with E-state index < -0.39 is 38.5 Å². The number of nitrogens with zero attached hydrogens (tertiary/aromatic N) is 2. The predicted molar refractivity (Wildman–Crippen MR) is 157 cm³/mol. The molecule has 0 saturated carbocycles. The summed E-state index contributed by atoms with van der Waals surface area (Å²) < 4.78 is 59.2. The molecule has 1 aliphatic rings. The van der Waals surface area contributed by atoms with Gasteiger partial charge in [0, 0.05) is 12.6 Å². The molecule has 0 bridgehead atoms. The zero-order valence-corrected chi connectivity index (χ0v) is 26.2. The van der Waals surface area contributed by atoms with E-state index in [0.29, 0.717) is 11.3 Å². The van der Waals surface area contributed by atoms with Crippen molar-refractivity contribution in [3.63, 3.8) is 0 Å². The molecule has 1 fully saturated rings. The number of methoxy groups -OCH3 is 1. The lowest BCUT2D eigenvalue weighted by atomic mass is 10.0. The van der Waals surface area contributed by atoms with E-state index in [9.17, 15) is 22.8 Å². The number of esters is 1. The molecule has 0 N–H and O–H groups in total. The van der Waals surface area contributed by atoms with Gasteiger partial charge in [-0.1, -0.05) is 63.2 Å². The van der Waals surface area contributed by atoms with Gasteiger partial charge in [0.05, 0.1) is 32.3 Å². The van der Waals surface area contributed by atoms with E-state index >= 15 is 0 Å². The normalized spacial score (nSPS) is 19.5. The molecule has 2 aromatic rings. The van der Waals surface area contributed by atoms with Crippen molar-refractivity contribution in [3.05, 3.63) is 65.7 Å². The third kappa shape index (κ3) is 8.58. The molecule has 0 radical (unpaired) electrons. The van der Waals surface area contributed by atoms with Gasteiger partial charge in [0.1, 0.15) is 12.4 Å². The highest BCUT2D eigenvalue weighted by Crippen LogP contribution is 2.34. The number of rotatable bonds is 14. The van der Waals surface area contributed by atoms with Gasteiger partial charge in [-0.3, -0.25) is 14.5 Å². The second-order valence-corrected chi connectivity index (χ2v) is 15.6. The number of likely N-dealkylation sites (tertiary alicyclic amines) is 1. The quantitative estimate of drug-likeness (QED) is 0.188. The van der Waals surface area contributed by atoms with Crippen molar-refractivity contribution >= 4 is 20.2 Å². The van der Waals surface area contributed by atoms with E-state index in [1.165, 1.54) is 7.11 Å². The van der Waals surface area contributed by atoms with E-state index in [2.05, 4.69) is 20.8 Å². The van der Waals surface area contributed by atoms with E-state index in [4.69, 9.17) is 13.9 Å². The zero-order chi connectivity index (χ0) is 30.9. The van der Waals surface area contributed by atoms with Crippen LogP contribution in [0, 0.1) is 0 Å². The number of carbonyl (C=O) groups is 2. The molecule has 1 heterocycles. The van der Waals surface area contributed by atoms with Crippen LogP contribution in [0.25, 0.3) is 0 Å². The van der Waals surface area contributed by atoms with Gasteiger partial charge in [0.25, 0.3) is 0 Å². The number of carbonyl (C=O) groups excluding carboxylic acids is 2. The van der Waals surface area contributed by atoms with Crippen LogP contribution >= 0.6 is 0 Å². The SMILES string of the molecule is CC[Si](CC)(CC)OC[C@H]1[C@@H](N(Cc2ccc(OC)cc2)C(=O)C(F)(F)F)C[C@@H](C)N1CC(=O)OCc1ccccc1. The molecule has 0 aliphatic carbocycles. The Morgan fingerprint density at radius 3 is 2.14 bits per heavy atom. The minimum atomic E-state index is -5.06. The molecular formula is C31H43F3N2O5Si. The summed E-state index contributed by atoms with van der Waals surface area (Å²) in [5, 5.41) is 0. The maximum atomic E-state index is 14.0. The second-order valence-electron chi connectivity index (χ2n) is 10.9. The van der Waals surface area contributed by atoms with Crippen LogP contribution in [0.4, 0.5) is 13.2 Å². The molecule has 1 amide bonds. The van der Waals surface area contributed by atoms with Gasteiger partial charge in [-0.05, 0) is 54.7 Å². The van der Waals surface area contributed by atoms with Crippen molar-refractivity contribution in [1.82, 2.24) is 9.80 Å². The Morgan fingerprint density at radius 1 is 0.976 bits per heavy atom. The van der Waals surface area contributed by atoms with Crippen LogP contribution in [0.5, 0.6) is 5.75 Å². The number of hydrogen-bond acceptors (Lipinski definition) is 6. The van der Waals surface area contributed by atoms with Crippen LogP contribution in [0.1, 0.15) is 45.2 Å². The molecule has 3 atom stereocenters. The first-order valence-corrected chi connectivity index (χ1v) is 17.1. The van der Waals surface area contributed by atoms with Gasteiger partial charge in [-0.2, -0.15) is 13.2 Å². The fraction of sp³-hybridized carbons (Fsp3) is 0.548. The highest BCUT2D eigenvalue weighted by Gasteiger charge is 2.51. The zero-order valence-electron chi connectivity index (χ0n) is 25.2. The summed E-state index contributed by atoms with van der Waals surface area (Å²) in [4.78, 5) is 28.7. The van der Waals surface area contributed by atoms with E-state index in [1.54, 1.807) is 24.3 Å². The van der Waals surface area contributed by atoms with Crippen LogP contribution in [0.15, 0.2) is 54.6 Å². The number of benzene rings is 2. The molecule has 1 saturated heterocycles. The number of ether oxygens (including phenoxy) is 2. The molecule has 1 aliphatic heterocycles.